The van der Waals surface area contributed by atoms with Gasteiger partial charge in [-0.1, -0.05) is 0 Å². The molecule has 0 spiro atoms. The number of hydrogen-bond acceptors (Lipinski definition) is 14. The van der Waals surface area contributed by atoms with Gasteiger partial charge in [-0.2, -0.15) is 30.6 Å². The summed E-state index contributed by atoms with van der Waals surface area (Å²) in [5.41, 5.74) is 15.4. The van der Waals surface area contributed by atoms with E-state index in [1.165, 1.54) is 0 Å². The maximum Gasteiger partial charge on any atom is 2.00 e. The second-order valence-electron chi connectivity index (χ2n) is 2.30. The van der Waals surface area contributed by atoms with Crippen LogP contribution in [-0.2, 0) is 9.13 Å². The number of phosphoric acid groups is 2. The van der Waals surface area contributed by atoms with Gasteiger partial charge in [0.2, 0.25) is 17.8 Å². The van der Waals surface area contributed by atoms with Crippen molar-refractivity contribution in [2.75, 3.05) is 17.2 Å². The minimum atomic E-state index is -5.39. The summed E-state index contributed by atoms with van der Waals surface area (Å²) < 4.78 is 17.1. The Hall–Kier alpha value is 0.849. The molecule has 1 heterocycles. The van der Waals surface area contributed by atoms with Gasteiger partial charge in [0.15, 0.2) is 0 Å². The molecule has 10 N–H and O–H groups in total. The second-order valence-corrected chi connectivity index (χ2v) is 4.09. The van der Waals surface area contributed by atoms with E-state index in [0.29, 0.717) is 0 Å². The Morgan fingerprint density at radius 3 is 0.750 bits per heavy atom. The molecule has 0 radical (unpaired) electrons. The van der Waals surface area contributed by atoms with Gasteiger partial charge in [0, 0.05) is 0 Å². The van der Waals surface area contributed by atoms with Crippen LogP contribution < -0.4 is 46.6 Å². The van der Waals surface area contributed by atoms with Crippen LogP contribution in [0.4, 0.5) is 17.8 Å². The van der Waals surface area contributed by atoms with Crippen LogP contribution in [0.2, 0.25) is 0 Å². The first kappa shape index (κ1) is 44.4. The van der Waals surface area contributed by atoms with E-state index in [2.05, 4.69) is 15.0 Å². The Morgan fingerprint density at radius 2 is 0.667 bits per heavy atom. The average molecular weight is 425 g/mol. The van der Waals surface area contributed by atoms with Crippen molar-refractivity contribution in [1.29, 1.82) is 0 Å². The van der Waals surface area contributed by atoms with Gasteiger partial charge in [-0.3, -0.25) is 0 Å². The first-order valence-electron chi connectivity index (χ1n) is 3.67. The van der Waals surface area contributed by atoms with Crippen molar-refractivity contribution in [3.05, 3.63) is 0 Å². The molecule has 21 heteroatoms. The molecule has 1 rings (SSSR count). The third-order valence-corrected chi connectivity index (χ3v) is 0.687. The zero-order chi connectivity index (χ0) is 15.9. The van der Waals surface area contributed by atoms with Crippen LogP contribution in [0.3, 0.4) is 0 Å². The van der Waals surface area contributed by atoms with Crippen molar-refractivity contribution in [2.24, 2.45) is 0 Å². The molecule has 0 atom stereocenters. The quantitative estimate of drug-likeness (QED) is 0.256. The minimum Gasteiger partial charge on any atom is -0.822 e. The van der Waals surface area contributed by atoms with Gasteiger partial charge in [0.1, 0.15) is 0 Å². The van der Waals surface area contributed by atoms with Gasteiger partial charge in [-0.25, -0.2) is 0 Å². The van der Waals surface area contributed by atoms with E-state index in [1.807, 2.05) is 0 Å². The molecule has 0 aliphatic carbocycles. The molecule has 0 aliphatic rings. The smallest absolute Gasteiger partial charge is 0.822 e. The first-order chi connectivity index (χ1) is 8.18. The summed E-state index contributed by atoms with van der Waals surface area (Å²) in [6.45, 7) is 0. The number of aromatic nitrogens is 3. The van der Waals surface area contributed by atoms with E-state index in [0.717, 1.165) is 0 Å². The summed E-state index contributed by atoms with van der Waals surface area (Å²) in [6.07, 6.45) is 0. The molecular weight excluding hydrogens is 415 g/mol. The number of anilines is 3. The molecule has 0 fully saturated rings. The van der Waals surface area contributed by atoms with Crippen molar-refractivity contribution in [2.45, 2.75) is 0 Å². The summed E-state index contributed by atoms with van der Waals surface area (Å²) in [6, 6.07) is 0. The van der Waals surface area contributed by atoms with Crippen molar-refractivity contribution < 1.29 is 49.4 Å². The normalized spacial score (nSPS) is 8.42. The maximum atomic E-state index is 8.55. The Morgan fingerprint density at radius 1 is 0.583 bits per heavy atom. The Bertz CT molecular complexity index is 412. The SMILES string of the molecule is Nc1nc(N)nc(N)n1.O.O.O=P([O-])([O-])[O-].O=P([O-])([O-])[O-].[Mg+2].[Mg+2].[Mg+2]. The average Bonchev–Trinajstić information content (AvgIpc) is 1.91. The Labute approximate surface area is 183 Å². The molecule has 0 aromatic carbocycles. The first-order valence-corrected chi connectivity index (χ1v) is 6.59. The summed E-state index contributed by atoms with van der Waals surface area (Å²) in [4.78, 5) is 61.8. The molecule has 0 saturated heterocycles. The summed E-state index contributed by atoms with van der Waals surface area (Å²) in [5.74, 6) is 0.125. The van der Waals surface area contributed by atoms with Crippen LogP contribution in [0.25, 0.3) is 0 Å². The van der Waals surface area contributed by atoms with E-state index >= 15 is 0 Å². The van der Waals surface area contributed by atoms with Gasteiger partial charge in [0.05, 0.1) is 0 Å². The second kappa shape index (κ2) is 20.2. The van der Waals surface area contributed by atoms with Crippen molar-refractivity contribution in [3.8, 4) is 0 Å². The van der Waals surface area contributed by atoms with Crippen LogP contribution in [0.1, 0.15) is 0 Å². The number of nitrogens with two attached hydrogens (primary N) is 3. The van der Waals surface area contributed by atoms with E-state index in [-0.39, 0.29) is 98.0 Å². The Kier molecular flexibility index (Phi) is 37.3. The minimum absolute atomic E-state index is 0. The molecule has 0 unspecified atom stereocenters. The van der Waals surface area contributed by atoms with Gasteiger partial charge in [-0.05, 0) is 0 Å². The number of nitrogen functional groups attached to an aromatic ring is 3. The van der Waals surface area contributed by atoms with Gasteiger partial charge in [-0.15, -0.1) is 0 Å². The molecule has 16 nitrogen and oxygen atoms in total. The van der Waals surface area contributed by atoms with Gasteiger partial charge >= 0.3 is 69.2 Å². The van der Waals surface area contributed by atoms with Crippen LogP contribution >= 0.6 is 15.6 Å². The fraction of sp³-hybridized carbons (Fsp3) is 0. The molecule has 1 aromatic heterocycles. The predicted molar refractivity (Wildman–Crippen MR) is 72.8 cm³/mol. The van der Waals surface area contributed by atoms with Crippen LogP contribution in [0.5, 0.6) is 0 Å². The third-order valence-electron chi connectivity index (χ3n) is 0.687. The number of hydrogen-bond donors (Lipinski definition) is 3. The van der Waals surface area contributed by atoms with Crippen LogP contribution in [0, 0.1) is 0 Å². The molecule has 0 saturated carbocycles. The summed E-state index contributed by atoms with van der Waals surface area (Å²) >= 11 is 0. The zero-order valence-corrected chi connectivity index (χ0v) is 17.9. The number of rotatable bonds is 0. The predicted octanol–water partition coefficient (Wildman–Crippen LogP) is -9.82. The van der Waals surface area contributed by atoms with E-state index in [1.54, 1.807) is 0 Å². The fourth-order valence-electron chi connectivity index (χ4n) is 0.427. The summed E-state index contributed by atoms with van der Waals surface area (Å²) in [7, 11) is -10.8. The molecule has 1 aromatic rings. The van der Waals surface area contributed by atoms with Crippen LogP contribution in [-0.4, -0.2) is 95.1 Å². The van der Waals surface area contributed by atoms with E-state index in [9.17, 15) is 0 Å². The molecule has 128 valence electrons. The largest absolute Gasteiger partial charge is 2.00 e. The molecular formula is C3H10Mg3N6O10P2. The number of nitrogens with zero attached hydrogens (tertiary/aromatic N) is 3. The topological polar surface area (TPSA) is 352 Å². The van der Waals surface area contributed by atoms with Crippen molar-refractivity contribution in [3.63, 3.8) is 0 Å². The molecule has 0 amide bonds. The molecule has 0 aliphatic heterocycles. The summed E-state index contributed by atoms with van der Waals surface area (Å²) in [5, 5.41) is 0. The zero-order valence-electron chi connectivity index (χ0n) is 11.9. The molecule has 0 bridgehead atoms. The molecule has 24 heavy (non-hydrogen) atoms. The fourth-order valence-corrected chi connectivity index (χ4v) is 0.427. The maximum absolute atomic E-state index is 8.55. The monoisotopic (exact) mass is 424 g/mol. The standard InChI is InChI=1S/C3H6N6.3Mg.2H3O4P.2H2O/c4-1-7-2(5)9-3(6)8-1;;;;2*1-5(2,3)4;;/h(H6,4,5,6,7,8,9);;;;2*(H3,1,2,3,4);2*1H2/q;3*+2;;;;/p-6. The Balaban J connectivity index is -0.0000000347. The van der Waals surface area contributed by atoms with E-state index in [4.69, 9.17) is 55.7 Å². The van der Waals surface area contributed by atoms with E-state index < -0.39 is 15.6 Å². The van der Waals surface area contributed by atoms with Crippen molar-refractivity contribution in [1.82, 2.24) is 15.0 Å². The van der Waals surface area contributed by atoms with Gasteiger partial charge < -0.3 is 66.6 Å². The third kappa shape index (κ3) is 66.1. The van der Waals surface area contributed by atoms with Crippen LogP contribution in [0.15, 0.2) is 0 Å². The van der Waals surface area contributed by atoms with Crippen molar-refractivity contribution >= 4 is 103 Å². The van der Waals surface area contributed by atoms with Gasteiger partial charge in [0.25, 0.3) is 0 Å².